The highest BCUT2D eigenvalue weighted by molar-refractivity contribution is 5.80. The Morgan fingerprint density at radius 1 is 1.40 bits per heavy atom. The van der Waals surface area contributed by atoms with Crippen molar-refractivity contribution in [1.29, 1.82) is 0 Å². The first-order chi connectivity index (χ1) is 9.70. The number of hydrogen-bond donors (Lipinski definition) is 0. The number of hydrogen-bond acceptors (Lipinski definition) is 7. The molecule has 1 atom stereocenters. The Morgan fingerprint density at radius 2 is 2.15 bits per heavy atom. The SMILES string of the molecule is O=CC[C@H]1C(=O)OCN1OC(=O)OCc1ccccc1. The first-order valence-corrected chi connectivity index (χ1v) is 5.96. The molecule has 0 radical (unpaired) electrons. The quantitative estimate of drug-likeness (QED) is 0.588. The molecule has 7 nitrogen and oxygen atoms in total. The van der Waals surface area contributed by atoms with E-state index in [4.69, 9.17) is 9.57 Å². The highest BCUT2D eigenvalue weighted by Gasteiger charge is 2.37. The van der Waals surface area contributed by atoms with E-state index in [1.807, 2.05) is 18.2 Å². The van der Waals surface area contributed by atoms with Crippen LogP contribution in [0.3, 0.4) is 0 Å². The summed E-state index contributed by atoms with van der Waals surface area (Å²) in [6, 6.07) is 8.17. The van der Waals surface area contributed by atoms with Crippen LogP contribution in [0.4, 0.5) is 4.79 Å². The Bertz CT molecular complexity index is 489. The average Bonchev–Trinajstić information content (AvgIpc) is 2.80. The normalized spacial score (nSPS) is 18.4. The number of nitrogens with zero attached hydrogens (tertiary/aromatic N) is 1. The topological polar surface area (TPSA) is 82.1 Å². The van der Waals surface area contributed by atoms with Crippen molar-refractivity contribution < 1.29 is 28.7 Å². The van der Waals surface area contributed by atoms with Crippen LogP contribution < -0.4 is 0 Å². The molecule has 106 valence electrons. The molecule has 0 spiro atoms. The lowest BCUT2D eigenvalue weighted by atomic mass is 10.2. The molecule has 1 aromatic rings. The molecule has 0 aromatic heterocycles. The van der Waals surface area contributed by atoms with Gasteiger partial charge in [-0.15, -0.1) is 0 Å². The molecule has 1 aromatic carbocycles. The lowest BCUT2D eigenvalue weighted by Crippen LogP contribution is -2.35. The third kappa shape index (κ3) is 3.55. The molecule has 0 N–H and O–H groups in total. The van der Waals surface area contributed by atoms with E-state index >= 15 is 0 Å². The summed E-state index contributed by atoms with van der Waals surface area (Å²) in [7, 11) is 0. The second kappa shape index (κ2) is 6.67. The minimum Gasteiger partial charge on any atom is -0.445 e. The molecule has 20 heavy (non-hydrogen) atoms. The van der Waals surface area contributed by atoms with Gasteiger partial charge in [-0.25, -0.2) is 4.79 Å². The molecule has 7 heteroatoms. The van der Waals surface area contributed by atoms with Gasteiger partial charge in [0.05, 0.1) is 0 Å². The summed E-state index contributed by atoms with van der Waals surface area (Å²) < 4.78 is 9.58. The van der Waals surface area contributed by atoms with Crippen molar-refractivity contribution in [2.75, 3.05) is 6.73 Å². The summed E-state index contributed by atoms with van der Waals surface area (Å²) in [5.74, 6) is -0.604. The van der Waals surface area contributed by atoms with Crippen molar-refractivity contribution in [1.82, 2.24) is 5.06 Å². The maximum Gasteiger partial charge on any atom is 0.528 e. The number of benzene rings is 1. The van der Waals surface area contributed by atoms with Crippen molar-refractivity contribution in [3.63, 3.8) is 0 Å². The average molecular weight is 279 g/mol. The van der Waals surface area contributed by atoms with Gasteiger partial charge in [0.25, 0.3) is 0 Å². The van der Waals surface area contributed by atoms with Crippen LogP contribution >= 0.6 is 0 Å². The Morgan fingerprint density at radius 3 is 2.85 bits per heavy atom. The van der Waals surface area contributed by atoms with Gasteiger partial charge in [-0.05, 0) is 5.56 Å². The van der Waals surface area contributed by atoms with Gasteiger partial charge >= 0.3 is 12.1 Å². The van der Waals surface area contributed by atoms with Crippen molar-refractivity contribution in [2.24, 2.45) is 0 Å². The molecule has 0 unspecified atom stereocenters. The predicted octanol–water partition coefficient (Wildman–Crippen LogP) is 1.03. The lowest BCUT2D eigenvalue weighted by Gasteiger charge is -2.16. The molecule has 1 fully saturated rings. The Labute approximate surface area is 115 Å². The first kappa shape index (κ1) is 14.0. The summed E-state index contributed by atoms with van der Waals surface area (Å²) in [6.07, 6.45) is -0.503. The van der Waals surface area contributed by atoms with Gasteiger partial charge < -0.3 is 19.1 Å². The van der Waals surface area contributed by atoms with Crippen molar-refractivity contribution >= 4 is 18.4 Å². The molecule has 0 bridgehead atoms. The van der Waals surface area contributed by atoms with Gasteiger partial charge in [0.1, 0.15) is 12.9 Å². The fraction of sp³-hybridized carbons (Fsp3) is 0.308. The van der Waals surface area contributed by atoms with Crippen LogP contribution in [-0.2, 0) is 30.5 Å². The fourth-order valence-electron chi connectivity index (χ4n) is 1.66. The van der Waals surface area contributed by atoms with E-state index in [2.05, 4.69) is 4.74 Å². The molecule has 0 aliphatic carbocycles. The van der Waals surface area contributed by atoms with Crippen LogP contribution in [0.25, 0.3) is 0 Å². The number of carbonyl (C=O) groups excluding carboxylic acids is 3. The summed E-state index contributed by atoms with van der Waals surface area (Å²) in [4.78, 5) is 38.0. The third-order valence-electron chi connectivity index (χ3n) is 2.66. The number of aldehydes is 1. The van der Waals surface area contributed by atoms with Gasteiger partial charge in [-0.3, -0.25) is 4.79 Å². The molecule has 0 saturated carbocycles. The molecule has 1 aliphatic rings. The van der Waals surface area contributed by atoms with Gasteiger partial charge in [-0.2, -0.15) is 0 Å². The number of ether oxygens (including phenoxy) is 2. The highest BCUT2D eigenvalue weighted by Crippen LogP contribution is 2.15. The second-order valence-electron chi connectivity index (χ2n) is 4.04. The molecule has 1 heterocycles. The number of cyclic esters (lactones) is 1. The molecular weight excluding hydrogens is 266 g/mol. The monoisotopic (exact) mass is 279 g/mol. The van der Waals surface area contributed by atoms with Gasteiger partial charge in [-0.1, -0.05) is 35.4 Å². The van der Waals surface area contributed by atoms with E-state index in [0.29, 0.717) is 6.29 Å². The number of rotatable bonds is 5. The minimum absolute atomic E-state index is 0.0562. The summed E-state index contributed by atoms with van der Waals surface area (Å²) in [5, 5.41) is 0.990. The van der Waals surface area contributed by atoms with Crippen LogP contribution in [0.1, 0.15) is 12.0 Å². The van der Waals surface area contributed by atoms with Crippen molar-refractivity contribution in [3.8, 4) is 0 Å². The van der Waals surface area contributed by atoms with Crippen molar-refractivity contribution in [2.45, 2.75) is 19.1 Å². The standard InChI is InChI=1S/C13H13NO6/c15-7-6-11-12(16)19-9-14(11)20-13(17)18-8-10-4-2-1-3-5-10/h1-5,7,11H,6,8-9H2/t11-/m0/s1. The Kier molecular flexibility index (Phi) is 4.67. The zero-order valence-electron chi connectivity index (χ0n) is 10.6. The maximum atomic E-state index is 11.5. The lowest BCUT2D eigenvalue weighted by molar-refractivity contribution is -0.154. The maximum absolute atomic E-state index is 11.5. The molecule has 2 rings (SSSR count). The molecule has 1 aliphatic heterocycles. The van der Waals surface area contributed by atoms with Crippen molar-refractivity contribution in [3.05, 3.63) is 35.9 Å². The van der Waals surface area contributed by atoms with E-state index < -0.39 is 18.2 Å². The minimum atomic E-state index is -0.956. The van der Waals surface area contributed by atoms with E-state index in [9.17, 15) is 14.4 Å². The molecule has 0 amide bonds. The van der Waals surface area contributed by atoms with E-state index in [0.717, 1.165) is 10.6 Å². The fourth-order valence-corrected chi connectivity index (χ4v) is 1.66. The van der Waals surface area contributed by atoms with Gasteiger partial charge in [0.15, 0.2) is 12.8 Å². The van der Waals surface area contributed by atoms with Crippen LogP contribution in [0.15, 0.2) is 30.3 Å². The zero-order valence-corrected chi connectivity index (χ0v) is 10.6. The summed E-state index contributed by atoms with van der Waals surface area (Å²) >= 11 is 0. The Balaban J connectivity index is 1.82. The van der Waals surface area contributed by atoms with Gasteiger partial charge in [0, 0.05) is 6.42 Å². The predicted molar refractivity (Wildman–Crippen MR) is 65.0 cm³/mol. The Hall–Kier alpha value is -2.41. The van der Waals surface area contributed by atoms with Crippen LogP contribution in [0.2, 0.25) is 0 Å². The zero-order chi connectivity index (χ0) is 14.4. The number of esters is 1. The van der Waals surface area contributed by atoms with Gasteiger partial charge in [0.2, 0.25) is 0 Å². The molecular formula is C13H13NO6. The number of hydroxylamine groups is 2. The van der Waals surface area contributed by atoms with E-state index in [1.54, 1.807) is 12.1 Å². The first-order valence-electron chi connectivity index (χ1n) is 5.96. The van der Waals surface area contributed by atoms with E-state index in [1.165, 1.54) is 0 Å². The second-order valence-corrected chi connectivity index (χ2v) is 4.04. The number of carbonyl (C=O) groups is 3. The van der Waals surface area contributed by atoms with E-state index in [-0.39, 0.29) is 19.8 Å². The largest absolute Gasteiger partial charge is 0.528 e. The van der Waals surface area contributed by atoms with Crippen LogP contribution in [0.5, 0.6) is 0 Å². The van der Waals surface area contributed by atoms with Crippen LogP contribution in [0, 0.1) is 0 Å². The smallest absolute Gasteiger partial charge is 0.445 e. The molecule has 1 saturated heterocycles. The highest BCUT2D eigenvalue weighted by atomic mass is 16.8. The van der Waals surface area contributed by atoms with Crippen LogP contribution in [-0.4, -0.2) is 36.2 Å². The summed E-state index contributed by atoms with van der Waals surface area (Å²) in [6.45, 7) is -0.154. The third-order valence-corrected chi connectivity index (χ3v) is 2.66. The summed E-state index contributed by atoms with van der Waals surface area (Å²) in [5.41, 5.74) is 0.808.